The lowest BCUT2D eigenvalue weighted by molar-refractivity contribution is 0.289. The predicted molar refractivity (Wildman–Crippen MR) is 59.7 cm³/mol. The van der Waals surface area contributed by atoms with Gasteiger partial charge in [0.15, 0.2) is 5.82 Å². The van der Waals surface area contributed by atoms with Gasteiger partial charge in [-0.15, -0.1) is 0 Å². The summed E-state index contributed by atoms with van der Waals surface area (Å²) in [6.45, 7) is 2.31. The minimum atomic E-state index is -3.15. The van der Waals surface area contributed by atoms with E-state index >= 15 is 0 Å². The third kappa shape index (κ3) is 1.87. The van der Waals surface area contributed by atoms with E-state index < -0.39 is 10.0 Å². The minimum Gasteiger partial charge on any atom is -0.338 e. The number of hydrogen-bond donors (Lipinski definition) is 0. The molecule has 94 valence electrons. The van der Waals surface area contributed by atoms with E-state index in [4.69, 9.17) is 4.52 Å². The van der Waals surface area contributed by atoms with Crippen molar-refractivity contribution in [2.45, 2.75) is 43.9 Å². The Balaban J connectivity index is 1.89. The average Bonchev–Trinajstić information content (AvgIpc) is 2.87. The second-order valence-electron chi connectivity index (χ2n) is 4.69. The number of aromatic nitrogens is 2. The molecule has 1 unspecified atom stereocenters. The molecule has 0 radical (unpaired) electrons. The van der Waals surface area contributed by atoms with Gasteiger partial charge >= 0.3 is 0 Å². The van der Waals surface area contributed by atoms with E-state index in [-0.39, 0.29) is 11.3 Å². The summed E-state index contributed by atoms with van der Waals surface area (Å²) in [5.74, 6) is 0.986. The van der Waals surface area contributed by atoms with Crippen molar-refractivity contribution in [3.05, 3.63) is 11.7 Å². The highest BCUT2D eigenvalue weighted by atomic mass is 32.2. The molecule has 1 aromatic rings. The molecular formula is C10H15N3O3S. The SMILES string of the molecule is Cc1noc(C2CCCN2S(=O)(=O)C2CC2)n1. The molecule has 1 saturated carbocycles. The van der Waals surface area contributed by atoms with Gasteiger partial charge in [-0.2, -0.15) is 9.29 Å². The monoisotopic (exact) mass is 257 g/mol. The van der Waals surface area contributed by atoms with E-state index in [1.807, 2.05) is 0 Å². The number of rotatable bonds is 3. The highest BCUT2D eigenvalue weighted by Crippen LogP contribution is 2.39. The summed E-state index contributed by atoms with van der Waals surface area (Å²) in [6.07, 6.45) is 3.20. The van der Waals surface area contributed by atoms with Crippen LogP contribution in [0.3, 0.4) is 0 Å². The van der Waals surface area contributed by atoms with Gasteiger partial charge < -0.3 is 4.52 Å². The third-order valence-corrected chi connectivity index (χ3v) is 5.71. The van der Waals surface area contributed by atoms with Crippen molar-refractivity contribution >= 4 is 10.0 Å². The van der Waals surface area contributed by atoms with E-state index in [0.29, 0.717) is 18.3 Å². The molecule has 1 aliphatic heterocycles. The molecule has 0 bridgehead atoms. The van der Waals surface area contributed by atoms with Gasteiger partial charge in [0.25, 0.3) is 0 Å². The molecule has 6 nitrogen and oxygen atoms in total. The number of hydrogen-bond acceptors (Lipinski definition) is 5. The summed E-state index contributed by atoms with van der Waals surface area (Å²) in [4.78, 5) is 4.15. The van der Waals surface area contributed by atoms with Crippen LogP contribution in [0, 0.1) is 6.92 Å². The van der Waals surface area contributed by atoms with Crippen LogP contribution in [0.15, 0.2) is 4.52 Å². The predicted octanol–water partition coefficient (Wildman–Crippen LogP) is 1.01. The molecule has 1 aliphatic carbocycles. The highest BCUT2D eigenvalue weighted by molar-refractivity contribution is 7.90. The van der Waals surface area contributed by atoms with E-state index in [0.717, 1.165) is 25.7 Å². The van der Waals surface area contributed by atoms with Crippen LogP contribution in [-0.2, 0) is 10.0 Å². The summed E-state index contributed by atoms with van der Waals surface area (Å²) in [5, 5.41) is 3.56. The molecule has 0 spiro atoms. The molecule has 0 N–H and O–H groups in total. The van der Waals surface area contributed by atoms with Crippen LogP contribution in [0.1, 0.15) is 43.4 Å². The van der Waals surface area contributed by atoms with Crippen molar-refractivity contribution in [3.63, 3.8) is 0 Å². The second kappa shape index (κ2) is 3.78. The Morgan fingerprint density at radius 3 is 2.71 bits per heavy atom. The van der Waals surface area contributed by atoms with Crippen LogP contribution >= 0.6 is 0 Å². The summed E-state index contributed by atoms with van der Waals surface area (Å²) < 4.78 is 31.1. The van der Waals surface area contributed by atoms with E-state index in [9.17, 15) is 8.42 Å². The second-order valence-corrected chi connectivity index (χ2v) is 6.86. The minimum absolute atomic E-state index is 0.174. The van der Waals surface area contributed by atoms with Crippen molar-refractivity contribution in [1.82, 2.24) is 14.4 Å². The van der Waals surface area contributed by atoms with Crippen LogP contribution in [0.5, 0.6) is 0 Å². The first-order valence-corrected chi connectivity index (χ1v) is 7.40. The summed E-state index contributed by atoms with van der Waals surface area (Å²) in [7, 11) is -3.15. The summed E-state index contributed by atoms with van der Waals surface area (Å²) in [5.41, 5.74) is 0. The van der Waals surface area contributed by atoms with E-state index in [1.165, 1.54) is 0 Å². The van der Waals surface area contributed by atoms with Gasteiger partial charge in [-0.1, -0.05) is 5.16 Å². The fourth-order valence-corrected chi connectivity index (χ4v) is 4.35. The lowest BCUT2D eigenvalue weighted by Gasteiger charge is -2.20. The van der Waals surface area contributed by atoms with Crippen LogP contribution in [0.4, 0.5) is 0 Å². The Bertz CT molecular complexity index is 521. The summed E-state index contributed by atoms with van der Waals surface area (Å²) >= 11 is 0. The van der Waals surface area contributed by atoms with Crippen molar-refractivity contribution in [2.24, 2.45) is 0 Å². The van der Waals surface area contributed by atoms with Gasteiger partial charge in [0.2, 0.25) is 15.9 Å². The lowest BCUT2D eigenvalue weighted by atomic mass is 10.2. The number of sulfonamides is 1. The number of aryl methyl sites for hydroxylation is 1. The molecule has 17 heavy (non-hydrogen) atoms. The van der Waals surface area contributed by atoms with E-state index in [1.54, 1.807) is 11.2 Å². The Hall–Kier alpha value is -0.950. The zero-order valence-electron chi connectivity index (χ0n) is 9.66. The fraction of sp³-hybridized carbons (Fsp3) is 0.800. The van der Waals surface area contributed by atoms with Crippen molar-refractivity contribution in [1.29, 1.82) is 0 Å². The van der Waals surface area contributed by atoms with Gasteiger partial charge in [0.05, 0.1) is 5.25 Å². The van der Waals surface area contributed by atoms with Crippen LogP contribution in [-0.4, -0.2) is 34.7 Å². The molecule has 7 heteroatoms. The van der Waals surface area contributed by atoms with Gasteiger partial charge in [-0.3, -0.25) is 0 Å². The lowest BCUT2D eigenvalue weighted by Crippen LogP contribution is -2.33. The maximum Gasteiger partial charge on any atom is 0.245 e. The molecule has 3 rings (SSSR count). The molecule has 0 amide bonds. The quantitative estimate of drug-likeness (QED) is 0.807. The van der Waals surface area contributed by atoms with E-state index in [2.05, 4.69) is 10.1 Å². The van der Waals surface area contributed by atoms with Crippen molar-refractivity contribution < 1.29 is 12.9 Å². The van der Waals surface area contributed by atoms with Gasteiger partial charge in [0, 0.05) is 6.54 Å². The van der Waals surface area contributed by atoms with Crippen LogP contribution in [0.2, 0.25) is 0 Å². The Morgan fingerprint density at radius 1 is 1.35 bits per heavy atom. The first kappa shape index (κ1) is 11.2. The summed E-state index contributed by atoms with van der Waals surface area (Å²) in [6, 6.07) is -0.248. The smallest absolute Gasteiger partial charge is 0.245 e. The Labute approximate surface area is 100 Å². The van der Waals surface area contributed by atoms with Gasteiger partial charge in [-0.25, -0.2) is 8.42 Å². The molecule has 2 heterocycles. The third-order valence-electron chi connectivity index (χ3n) is 3.30. The average molecular weight is 257 g/mol. The zero-order chi connectivity index (χ0) is 12.0. The zero-order valence-corrected chi connectivity index (χ0v) is 10.5. The highest BCUT2D eigenvalue weighted by Gasteiger charge is 2.46. The number of nitrogens with zero attached hydrogens (tertiary/aromatic N) is 3. The molecule has 2 fully saturated rings. The largest absolute Gasteiger partial charge is 0.338 e. The maximum atomic E-state index is 12.2. The molecule has 2 aliphatic rings. The fourth-order valence-electron chi connectivity index (χ4n) is 2.30. The molecule has 0 aromatic carbocycles. The first-order chi connectivity index (χ1) is 8.09. The van der Waals surface area contributed by atoms with Crippen LogP contribution in [0.25, 0.3) is 0 Å². The normalized spacial score (nSPS) is 26.5. The van der Waals surface area contributed by atoms with Crippen molar-refractivity contribution in [2.75, 3.05) is 6.54 Å². The Morgan fingerprint density at radius 2 is 2.12 bits per heavy atom. The standard InChI is InChI=1S/C10H15N3O3S/c1-7-11-10(16-12-7)9-3-2-6-13(9)17(14,15)8-4-5-8/h8-9H,2-6H2,1H3. The molecule has 1 aromatic heterocycles. The van der Waals surface area contributed by atoms with Crippen LogP contribution < -0.4 is 0 Å². The molecule has 1 saturated heterocycles. The maximum absolute atomic E-state index is 12.2. The van der Waals surface area contributed by atoms with Crippen molar-refractivity contribution in [3.8, 4) is 0 Å². The molecule has 1 atom stereocenters. The Kier molecular flexibility index (Phi) is 2.48. The van der Waals surface area contributed by atoms with Gasteiger partial charge in [-0.05, 0) is 32.6 Å². The topological polar surface area (TPSA) is 76.3 Å². The van der Waals surface area contributed by atoms with Gasteiger partial charge in [0.1, 0.15) is 6.04 Å². The molecular weight excluding hydrogens is 242 g/mol. The first-order valence-electron chi connectivity index (χ1n) is 5.90.